The van der Waals surface area contributed by atoms with Crippen molar-refractivity contribution < 1.29 is 5.11 Å². The Morgan fingerprint density at radius 3 is 2.89 bits per heavy atom. The number of hydrogen-bond donors (Lipinski definition) is 1. The first-order chi connectivity index (χ1) is 4.31. The molecule has 0 fully saturated rings. The Morgan fingerprint density at radius 1 is 1.78 bits per heavy atom. The minimum absolute atomic E-state index is 0.0710. The van der Waals surface area contributed by atoms with E-state index in [1.165, 1.54) is 17.3 Å². The van der Waals surface area contributed by atoms with Crippen LogP contribution in [-0.4, -0.2) is 30.4 Å². The maximum atomic E-state index is 9.06. The predicted molar refractivity (Wildman–Crippen MR) is 44.5 cm³/mol. The molecule has 0 aliphatic carbocycles. The molecule has 0 aromatic heterocycles. The van der Waals surface area contributed by atoms with Gasteiger partial charge in [0.15, 0.2) is 0 Å². The van der Waals surface area contributed by atoms with Gasteiger partial charge in [-0.15, -0.1) is 0 Å². The van der Waals surface area contributed by atoms with Crippen molar-refractivity contribution in [2.24, 2.45) is 0 Å². The maximum absolute atomic E-state index is 9.06. The van der Waals surface area contributed by atoms with Crippen molar-refractivity contribution in [2.45, 2.75) is 28.3 Å². The Morgan fingerprint density at radius 2 is 2.44 bits per heavy atom. The Hall–Kier alpha value is 0.499. The fourth-order valence-corrected chi connectivity index (χ4v) is 4.84. The molecule has 0 saturated heterocycles. The fraction of sp³-hybridized carbons (Fsp3) is 0.714. The van der Waals surface area contributed by atoms with Gasteiger partial charge >= 0.3 is 67.2 Å². The molecule has 0 aliphatic heterocycles. The van der Waals surface area contributed by atoms with Gasteiger partial charge in [-0.2, -0.15) is 0 Å². The van der Waals surface area contributed by atoms with Crippen molar-refractivity contribution in [3.8, 4) is 0 Å². The first-order valence-electron chi connectivity index (χ1n) is 3.62. The summed E-state index contributed by atoms with van der Waals surface area (Å²) in [7, 11) is 0. The summed E-state index contributed by atoms with van der Waals surface area (Å²) in [5, 5.41) is 9.06. The second-order valence-corrected chi connectivity index (χ2v) is 8.35. The van der Waals surface area contributed by atoms with E-state index in [1.807, 2.05) is 0 Å². The summed E-state index contributed by atoms with van der Waals surface area (Å²) in [6.07, 6.45) is 4.26. The molecule has 0 aromatic rings. The number of rotatable bonds is 5. The zero-order chi connectivity index (χ0) is 7.11. The van der Waals surface area contributed by atoms with Crippen LogP contribution in [0.5, 0.6) is 0 Å². The molecule has 9 heavy (non-hydrogen) atoms. The van der Waals surface area contributed by atoms with Crippen LogP contribution in [0.1, 0.15) is 19.8 Å². The third kappa shape index (κ3) is 6.38. The summed E-state index contributed by atoms with van der Waals surface area (Å²) in [6.45, 7) is 5.73. The first kappa shape index (κ1) is 9.50. The Kier molecular flexibility index (Phi) is 6.98. The van der Waals surface area contributed by atoms with E-state index in [4.69, 9.17) is 5.11 Å². The van der Waals surface area contributed by atoms with Crippen LogP contribution >= 0.6 is 0 Å². The molecule has 0 saturated carbocycles. The Labute approximate surface area is 67.4 Å². The summed E-state index contributed by atoms with van der Waals surface area (Å²) in [5.74, 6) is 0. The van der Waals surface area contributed by atoms with Crippen molar-refractivity contribution >= 4 is 21.1 Å². The molecule has 0 rings (SSSR count). The van der Waals surface area contributed by atoms with Crippen molar-refractivity contribution in [1.82, 2.24) is 0 Å². The van der Waals surface area contributed by atoms with Crippen molar-refractivity contribution in [1.29, 1.82) is 0 Å². The average Bonchev–Trinajstić information content (AvgIpc) is 1.89. The van der Waals surface area contributed by atoms with Crippen LogP contribution in [-0.2, 0) is 0 Å². The van der Waals surface area contributed by atoms with Gasteiger partial charge in [0.2, 0.25) is 0 Å². The molecule has 0 radical (unpaired) electrons. The summed E-state index contributed by atoms with van der Waals surface area (Å²) in [5.41, 5.74) is 0. The molecule has 0 aliphatic rings. The molecule has 2 heteroatoms. The molecule has 0 aromatic carbocycles. The number of aliphatic hydroxyl groups is 1. The molecule has 0 heterocycles. The van der Waals surface area contributed by atoms with Crippen LogP contribution in [0, 0.1) is 0 Å². The zero-order valence-electron chi connectivity index (χ0n) is 6.14. The van der Waals surface area contributed by atoms with E-state index < -0.39 is 21.1 Å². The van der Waals surface area contributed by atoms with Crippen LogP contribution in [0.15, 0.2) is 12.7 Å². The second kappa shape index (κ2) is 6.62. The van der Waals surface area contributed by atoms with Gasteiger partial charge in [0, 0.05) is 0 Å². The number of unbranched alkanes of at least 4 members (excludes halogenated alkanes) is 1. The monoisotopic (exact) mass is 236 g/mol. The SMILES string of the molecule is C=C[CH](O)[SnH2][CH2]CCC. The summed E-state index contributed by atoms with van der Waals surface area (Å²) in [6, 6.07) is 0. The van der Waals surface area contributed by atoms with E-state index in [2.05, 4.69) is 13.5 Å². The predicted octanol–water partition coefficient (Wildman–Crippen LogP) is 0.878. The Balaban J connectivity index is 2.96. The van der Waals surface area contributed by atoms with E-state index in [1.54, 1.807) is 6.08 Å². The van der Waals surface area contributed by atoms with Crippen molar-refractivity contribution in [3.05, 3.63) is 12.7 Å². The zero-order valence-corrected chi connectivity index (χ0v) is 10.2. The van der Waals surface area contributed by atoms with Crippen LogP contribution in [0.3, 0.4) is 0 Å². The van der Waals surface area contributed by atoms with Crippen LogP contribution in [0.2, 0.25) is 4.44 Å². The molecule has 1 nitrogen and oxygen atoms in total. The molecule has 1 N–H and O–H groups in total. The molecular weight excluding hydrogens is 219 g/mol. The molecule has 0 bridgehead atoms. The van der Waals surface area contributed by atoms with Gasteiger partial charge < -0.3 is 0 Å². The quantitative estimate of drug-likeness (QED) is 0.426. The van der Waals surface area contributed by atoms with Crippen LogP contribution in [0.4, 0.5) is 0 Å². The normalized spacial score (nSPS) is 14.4. The van der Waals surface area contributed by atoms with Gasteiger partial charge in [-0.3, -0.25) is 0 Å². The topological polar surface area (TPSA) is 20.2 Å². The van der Waals surface area contributed by atoms with E-state index >= 15 is 0 Å². The van der Waals surface area contributed by atoms with Gasteiger partial charge in [-0.1, -0.05) is 0 Å². The van der Waals surface area contributed by atoms with E-state index in [0.29, 0.717) is 0 Å². The van der Waals surface area contributed by atoms with Crippen LogP contribution in [0.25, 0.3) is 0 Å². The first-order valence-corrected chi connectivity index (χ1v) is 8.80. The van der Waals surface area contributed by atoms with Gasteiger partial charge in [0.05, 0.1) is 0 Å². The van der Waals surface area contributed by atoms with Gasteiger partial charge in [-0.25, -0.2) is 0 Å². The molecule has 0 spiro atoms. The molecule has 54 valence electrons. The third-order valence-electron chi connectivity index (χ3n) is 1.38. The van der Waals surface area contributed by atoms with Crippen molar-refractivity contribution in [3.63, 3.8) is 0 Å². The summed E-state index contributed by atoms with van der Waals surface area (Å²) in [4.78, 5) is 0. The Bertz CT molecular complexity index is 73.3. The molecule has 1 unspecified atom stereocenters. The second-order valence-electron chi connectivity index (χ2n) is 2.30. The van der Waals surface area contributed by atoms with Gasteiger partial charge in [-0.05, 0) is 0 Å². The standard InChI is InChI=1S/C4H9.C3H5O.Sn.2H/c1-3-4-2;1-2-3-4;;;/h1,3-4H2,2H3;2-4H,1H2;;;. The molecule has 1 atom stereocenters. The van der Waals surface area contributed by atoms with Gasteiger partial charge in [0.25, 0.3) is 0 Å². The minimum atomic E-state index is -0.806. The van der Waals surface area contributed by atoms with E-state index in [0.717, 1.165) is 0 Å². The summed E-state index contributed by atoms with van der Waals surface area (Å²) >= 11 is -0.806. The molecule has 0 amide bonds. The summed E-state index contributed by atoms with van der Waals surface area (Å²) < 4.78 is 1.25. The number of hydrogen-bond acceptors (Lipinski definition) is 1. The molecular formula is C7H16OSn. The fourth-order valence-electron chi connectivity index (χ4n) is 0.721. The van der Waals surface area contributed by atoms with Crippen molar-refractivity contribution in [2.75, 3.05) is 0 Å². The van der Waals surface area contributed by atoms with Crippen LogP contribution < -0.4 is 0 Å². The number of aliphatic hydroxyl groups excluding tert-OH is 1. The average molecular weight is 235 g/mol. The van der Waals surface area contributed by atoms with E-state index in [9.17, 15) is 0 Å². The third-order valence-corrected chi connectivity index (χ3v) is 6.61. The van der Waals surface area contributed by atoms with E-state index in [-0.39, 0.29) is 4.12 Å². The van der Waals surface area contributed by atoms with Gasteiger partial charge in [0.1, 0.15) is 0 Å².